The first-order valence-electron chi connectivity index (χ1n) is 7.19. The highest BCUT2D eigenvalue weighted by Crippen LogP contribution is 2.27. The van der Waals surface area contributed by atoms with Crippen LogP contribution in [0.25, 0.3) is 0 Å². The highest BCUT2D eigenvalue weighted by Gasteiger charge is 2.25. The van der Waals surface area contributed by atoms with E-state index in [1.165, 1.54) is 31.5 Å². The van der Waals surface area contributed by atoms with Crippen LogP contribution in [-0.4, -0.2) is 26.5 Å². The summed E-state index contributed by atoms with van der Waals surface area (Å²) < 4.78 is 27.6. The minimum atomic E-state index is -3.47. The number of anilines is 1. The summed E-state index contributed by atoms with van der Waals surface area (Å²) in [5, 5.41) is 2.85. The molecule has 0 amide bonds. The molecule has 0 radical (unpaired) electrons. The molecule has 1 aromatic rings. The zero-order valence-corrected chi connectivity index (χ0v) is 12.9. The minimum Gasteiger partial charge on any atom is -0.373 e. The fourth-order valence-corrected chi connectivity index (χ4v) is 4.08. The Morgan fingerprint density at radius 3 is 2.65 bits per heavy atom. The molecule has 1 saturated carbocycles. The predicted octanol–water partition coefficient (Wildman–Crippen LogP) is 2.37. The standard InChI is InChI=1S/C14H23N3O2S/c1-11(12-6-4-3-5-7-12)17-20(18,19)13-8-9-16-14(10-13)15-2/h8-12,17H,3-7H2,1-2H3,(H,15,16). The molecule has 0 aliphatic heterocycles. The summed E-state index contributed by atoms with van der Waals surface area (Å²) in [6.07, 6.45) is 7.41. The van der Waals surface area contributed by atoms with Gasteiger partial charge < -0.3 is 5.32 Å². The van der Waals surface area contributed by atoms with Crippen molar-refractivity contribution in [3.63, 3.8) is 0 Å². The van der Waals surface area contributed by atoms with Crippen LogP contribution in [0, 0.1) is 5.92 Å². The Morgan fingerprint density at radius 2 is 2.00 bits per heavy atom. The molecule has 1 aliphatic carbocycles. The van der Waals surface area contributed by atoms with E-state index < -0.39 is 10.0 Å². The third-order valence-electron chi connectivity index (χ3n) is 4.00. The van der Waals surface area contributed by atoms with Gasteiger partial charge in [0, 0.05) is 25.4 Å². The SMILES string of the molecule is CNc1cc(S(=O)(=O)NC(C)C2CCCCC2)ccn1. The number of hydrogen-bond donors (Lipinski definition) is 2. The van der Waals surface area contributed by atoms with Gasteiger partial charge in [0.15, 0.2) is 0 Å². The third-order valence-corrected chi connectivity index (χ3v) is 5.55. The molecular weight excluding hydrogens is 274 g/mol. The highest BCUT2D eigenvalue weighted by atomic mass is 32.2. The molecule has 1 fully saturated rings. The molecule has 0 bridgehead atoms. The van der Waals surface area contributed by atoms with Crippen molar-refractivity contribution in [3.8, 4) is 0 Å². The molecule has 0 aromatic carbocycles. The third kappa shape index (κ3) is 3.70. The van der Waals surface area contributed by atoms with Crippen molar-refractivity contribution >= 4 is 15.8 Å². The molecule has 6 heteroatoms. The maximum Gasteiger partial charge on any atom is 0.241 e. The molecule has 5 nitrogen and oxygen atoms in total. The van der Waals surface area contributed by atoms with Gasteiger partial charge in [-0.1, -0.05) is 19.3 Å². The Balaban J connectivity index is 2.09. The van der Waals surface area contributed by atoms with Crippen LogP contribution in [0.4, 0.5) is 5.82 Å². The van der Waals surface area contributed by atoms with E-state index in [4.69, 9.17) is 0 Å². The van der Waals surface area contributed by atoms with Crippen LogP contribution in [0.3, 0.4) is 0 Å². The summed E-state index contributed by atoms with van der Waals surface area (Å²) in [4.78, 5) is 4.30. The van der Waals surface area contributed by atoms with E-state index in [0.29, 0.717) is 11.7 Å². The second-order valence-electron chi connectivity index (χ2n) is 5.43. The van der Waals surface area contributed by atoms with E-state index in [9.17, 15) is 8.42 Å². The van der Waals surface area contributed by atoms with Crippen LogP contribution >= 0.6 is 0 Å². The van der Waals surface area contributed by atoms with Crippen molar-refractivity contribution in [2.45, 2.75) is 50.0 Å². The van der Waals surface area contributed by atoms with E-state index >= 15 is 0 Å². The van der Waals surface area contributed by atoms with Gasteiger partial charge in [-0.3, -0.25) is 0 Å². The minimum absolute atomic E-state index is 0.0218. The first kappa shape index (κ1) is 15.3. The van der Waals surface area contributed by atoms with Gasteiger partial charge in [-0.2, -0.15) is 0 Å². The average molecular weight is 297 g/mol. The molecule has 112 valence electrons. The molecule has 1 heterocycles. The van der Waals surface area contributed by atoms with Gasteiger partial charge in [-0.15, -0.1) is 0 Å². The van der Waals surface area contributed by atoms with Crippen LogP contribution in [0.5, 0.6) is 0 Å². The van der Waals surface area contributed by atoms with E-state index in [-0.39, 0.29) is 10.9 Å². The van der Waals surface area contributed by atoms with Crippen LogP contribution in [0.1, 0.15) is 39.0 Å². The van der Waals surface area contributed by atoms with E-state index in [2.05, 4.69) is 15.0 Å². The lowest BCUT2D eigenvalue weighted by Crippen LogP contribution is -2.38. The molecule has 2 N–H and O–H groups in total. The lowest BCUT2D eigenvalue weighted by Gasteiger charge is -2.28. The van der Waals surface area contributed by atoms with E-state index in [0.717, 1.165) is 12.8 Å². The Hall–Kier alpha value is -1.14. The van der Waals surface area contributed by atoms with Crippen LogP contribution in [-0.2, 0) is 10.0 Å². The highest BCUT2D eigenvalue weighted by molar-refractivity contribution is 7.89. The van der Waals surface area contributed by atoms with Crippen molar-refractivity contribution in [2.75, 3.05) is 12.4 Å². The van der Waals surface area contributed by atoms with Gasteiger partial charge in [-0.05, 0) is 31.7 Å². The fourth-order valence-electron chi connectivity index (χ4n) is 2.76. The Labute approximate surface area is 121 Å². The van der Waals surface area contributed by atoms with E-state index in [1.807, 2.05) is 6.92 Å². The molecule has 0 saturated heterocycles. The number of aromatic nitrogens is 1. The van der Waals surface area contributed by atoms with Gasteiger partial charge >= 0.3 is 0 Å². The first-order valence-corrected chi connectivity index (χ1v) is 8.67. The lowest BCUT2D eigenvalue weighted by molar-refractivity contribution is 0.303. The fraction of sp³-hybridized carbons (Fsp3) is 0.643. The quantitative estimate of drug-likeness (QED) is 0.875. The molecular formula is C14H23N3O2S. The molecule has 20 heavy (non-hydrogen) atoms. The predicted molar refractivity (Wildman–Crippen MR) is 80.1 cm³/mol. The van der Waals surface area contributed by atoms with Crippen LogP contribution < -0.4 is 10.0 Å². The van der Waals surface area contributed by atoms with Gasteiger partial charge in [0.05, 0.1) is 4.90 Å². The van der Waals surface area contributed by atoms with E-state index in [1.54, 1.807) is 13.1 Å². The maximum absolute atomic E-state index is 12.4. The summed E-state index contributed by atoms with van der Waals surface area (Å²) in [5.41, 5.74) is 0. The molecule has 1 unspecified atom stereocenters. The largest absolute Gasteiger partial charge is 0.373 e. The Kier molecular flexibility index (Phi) is 4.99. The summed E-state index contributed by atoms with van der Waals surface area (Å²) in [7, 11) is -1.75. The number of nitrogens with zero attached hydrogens (tertiary/aromatic N) is 1. The normalized spacial score (nSPS) is 18.7. The molecule has 1 atom stereocenters. The molecule has 1 aliphatic rings. The van der Waals surface area contributed by atoms with Gasteiger partial charge in [0.2, 0.25) is 10.0 Å². The topological polar surface area (TPSA) is 71.1 Å². The van der Waals surface area contributed by atoms with Crippen molar-refractivity contribution in [1.82, 2.24) is 9.71 Å². The van der Waals surface area contributed by atoms with Crippen molar-refractivity contribution in [1.29, 1.82) is 0 Å². The van der Waals surface area contributed by atoms with Crippen molar-refractivity contribution in [3.05, 3.63) is 18.3 Å². The second kappa shape index (κ2) is 6.54. The first-order chi connectivity index (χ1) is 9.53. The van der Waals surface area contributed by atoms with Crippen LogP contribution in [0.15, 0.2) is 23.2 Å². The smallest absolute Gasteiger partial charge is 0.241 e. The van der Waals surface area contributed by atoms with Crippen LogP contribution in [0.2, 0.25) is 0 Å². The average Bonchev–Trinajstić information content (AvgIpc) is 2.48. The zero-order valence-electron chi connectivity index (χ0n) is 12.1. The maximum atomic E-state index is 12.4. The summed E-state index contributed by atoms with van der Waals surface area (Å²) in [6, 6.07) is 3.05. The summed E-state index contributed by atoms with van der Waals surface area (Å²) in [6.45, 7) is 1.97. The number of hydrogen-bond acceptors (Lipinski definition) is 4. The van der Waals surface area contributed by atoms with Gasteiger partial charge in [0.25, 0.3) is 0 Å². The van der Waals surface area contributed by atoms with Crippen molar-refractivity contribution < 1.29 is 8.42 Å². The Morgan fingerprint density at radius 1 is 1.30 bits per heavy atom. The van der Waals surface area contributed by atoms with Gasteiger partial charge in [0.1, 0.15) is 5.82 Å². The molecule has 0 spiro atoms. The zero-order chi connectivity index (χ0) is 14.6. The number of pyridine rings is 1. The second-order valence-corrected chi connectivity index (χ2v) is 7.15. The monoisotopic (exact) mass is 297 g/mol. The number of nitrogens with one attached hydrogen (secondary N) is 2. The number of rotatable bonds is 5. The lowest BCUT2D eigenvalue weighted by atomic mass is 9.85. The van der Waals surface area contributed by atoms with Gasteiger partial charge in [-0.25, -0.2) is 18.1 Å². The molecule has 1 aromatic heterocycles. The summed E-state index contributed by atoms with van der Waals surface area (Å²) in [5.74, 6) is 1.00. The Bertz CT molecular complexity index is 539. The summed E-state index contributed by atoms with van der Waals surface area (Å²) >= 11 is 0. The number of sulfonamides is 1. The molecule has 2 rings (SSSR count). The van der Waals surface area contributed by atoms with Crippen molar-refractivity contribution in [2.24, 2.45) is 5.92 Å².